The molecule has 0 amide bonds. The Bertz CT molecular complexity index is 329. The number of fused-ring (bicyclic) bond motifs is 1. The molecule has 2 nitrogen and oxygen atoms in total. The summed E-state index contributed by atoms with van der Waals surface area (Å²) in [6, 6.07) is 3.77. The zero-order valence-electron chi connectivity index (χ0n) is 7.28. The molecular weight excluding hydrogens is 184 g/mol. The van der Waals surface area contributed by atoms with Crippen molar-refractivity contribution in [2.45, 2.75) is 6.42 Å². The Balaban J connectivity index is 1.84. The van der Waals surface area contributed by atoms with Gasteiger partial charge in [-0.2, -0.15) is 0 Å². The van der Waals surface area contributed by atoms with E-state index in [1.165, 1.54) is 19.5 Å². The third kappa shape index (κ3) is 1.29. The first-order chi connectivity index (χ1) is 6.33. The Kier molecular flexibility index (Phi) is 1.53. The Labute approximate surface area is 82.5 Å². The summed E-state index contributed by atoms with van der Waals surface area (Å²) in [4.78, 5) is 6.66. The van der Waals surface area contributed by atoms with E-state index in [4.69, 9.17) is 11.6 Å². The molecule has 1 aliphatic carbocycles. The average molecular weight is 195 g/mol. The van der Waals surface area contributed by atoms with E-state index in [0.717, 1.165) is 22.7 Å². The average Bonchev–Trinajstić information content (AvgIpc) is 2.74. The summed E-state index contributed by atoms with van der Waals surface area (Å²) >= 11 is 5.90. The van der Waals surface area contributed by atoms with Crippen molar-refractivity contribution in [2.24, 2.45) is 11.8 Å². The van der Waals surface area contributed by atoms with Crippen LogP contribution in [0.2, 0.25) is 5.02 Å². The molecule has 1 aliphatic heterocycles. The molecule has 0 N–H and O–H groups in total. The summed E-state index contributed by atoms with van der Waals surface area (Å²) in [5.41, 5.74) is 0. The van der Waals surface area contributed by atoms with Crippen molar-refractivity contribution in [1.82, 2.24) is 4.98 Å². The molecule has 1 aromatic heterocycles. The van der Waals surface area contributed by atoms with E-state index in [0.29, 0.717) is 0 Å². The number of hydrogen-bond acceptors (Lipinski definition) is 2. The Morgan fingerprint density at radius 2 is 2.15 bits per heavy atom. The zero-order chi connectivity index (χ0) is 8.84. The van der Waals surface area contributed by atoms with Gasteiger partial charge in [0.05, 0.1) is 0 Å². The molecule has 2 atom stereocenters. The van der Waals surface area contributed by atoms with Crippen LogP contribution in [0.15, 0.2) is 18.3 Å². The molecule has 2 heterocycles. The molecule has 2 unspecified atom stereocenters. The van der Waals surface area contributed by atoms with Gasteiger partial charge in [0.1, 0.15) is 5.82 Å². The summed E-state index contributed by atoms with van der Waals surface area (Å²) in [5.74, 6) is 2.93. The zero-order valence-corrected chi connectivity index (χ0v) is 8.04. The normalized spacial score (nSPS) is 30.4. The fraction of sp³-hybridized carbons (Fsp3) is 0.500. The van der Waals surface area contributed by atoms with Crippen LogP contribution >= 0.6 is 11.6 Å². The minimum atomic E-state index is 0.783. The number of halogens is 1. The van der Waals surface area contributed by atoms with Crippen molar-refractivity contribution in [3.8, 4) is 0 Å². The molecule has 2 aliphatic rings. The minimum absolute atomic E-state index is 0.783. The molecular formula is C10H11ClN2. The second-order valence-corrected chi connectivity index (χ2v) is 4.43. The van der Waals surface area contributed by atoms with E-state index in [9.17, 15) is 0 Å². The second-order valence-electron chi connectivity index (χ2n) is 3.99. The highest BCUT2D eigenvalue weighted by molar-refractivity contribution is 6.30. The van der Waals surface area contributed by atoms with Crippen LogP contribution in [0.25, 0.3) is 0 Å². The highest BCUT2D eigenvalue weighted by atomic mass is 35.5. The highest BCUT2D eigenvalue weighted by Crippen LogP contribution is 2.45. The molecule has 13 heavy (non-hydrogen) atoms. The van der Waals surface area contributed by atoms with Gasteiger partial charge in [-0.05, 0) is 30.4 Å². The van der Waals surface area contributed by atoms with Crippen molar-refractivity contribution >= 4 is 17.4 Å². The predicted octanol–water partition coefficient (Wildman–Crippen LogP) is 2.19. The van der Waals surface area contributed by atoms with Gasteiger partial charge in [0, 0.05) is 24.3 Å². The lowest BCUT2D eigenvalue weighted by Crippen LogP contribution is -2.22. The van der Waals surface area contributed by atoms with Crippen LogP contribution in [0.1, 0.15) is 6.42 Å². The Hall–Kier alpha value is -0.760. The van der Waals surface area contributed by atoms with Crippen molar-refractivity contribution in [3.63, 3.8) is 0 Å². The smallest absolute Gasteiger partial charge is 0.129 e. The maximum atomic E-state index is 5.90. The van der Waals surface area contributed by atoms with Crippen LogP contribution in [-0.4, -0.2) is 18.1 Å². The largest absolute Gasteiger partial charge is 0.356 e. The molecule has 0 radical (unpaired) electrons. The first kappa shape index (κ1) is 7.63. The summed E-state index contributed by atoms with van der Waals surface area (Å²) in [7, 11) is 0. The molecule has 2 fully saturated rings. The van der Waals surface area contributed by atoms with E-state index in [-0.39, 0.29) is 0 Å². The number of aromatic nitrogens is 1. The quantitative estimate of drug-likeness (QED) is 0.682. The molecule has 0 bridgehead atoms. The van der Waals surface area contributed by atoms with Crippen molar-refractivity contribution < 1.29 is 0 Å². The van der Waals surface area contributed by atoms with Gasteiger partial charge in [-0.25, -0.2) is 4.98 Å². The lowest BCUT2D eigenvalue weighted by atomic mass is 10.4. The van der Waals surface area contributed by atoms with Crippen molar-refractivity contribution in [3.05, 3.63) is 23.4 Å². The number of anilines is 1. The predicted molar refractivity (Wildman–Crippen MR) is 53.1 cm³/mol. The fourth-order valence-corrected chi connectivity index (χ4v) is 2.31. The molecule has 1 saturated heterocycles. The first-order valence-electron chi connectivity index (χ1n) is 4.69. The highest BCUT2D eigenvalue weighted by Gasteiger charge is 2.45. The second kappa shape index (κ2) is 2.61. The third-order valence-corrected chi connectivity index (χ3v) is 3.25. The van der Waals surface area contributed by atoms with E-state index < -0.39 is 0 Å². The van der Waals surface area contributed by atoms with Crippen LogP contribution in [-0.2, 0) is 0 Å². The number of nitrogens with zero attached hydrogens (tertiary/aromatic N) is 2. The lowest BCUT2D eigenvalue weighted by Gasteiger charge is -2.18. The van der Waals surface area contributed by atoms with Crippen LogP contribution in [0.3, 0.4) is 0 Å². The van der Waals surface area contributed by atoms with Crippen LogP contribution in [0.4, 0.5) is 5.82 Å². The summed E-state index contributed by atoms with van der Waals surface area (Å²) < 4.78 is 0. The number of pyridine rings is 1. The molecule has 0 spiro atoms. The summed E-state index contributed by atoms with van der Waals surface area (Å²) in [6.45, 7) is 2.36. The van der Waals surface area contributed by atoms with Gasteiger partial charge in [0.2, 0.25) is 0 Å². The van der Waals surface area contributed by atoms with Gasteiger partial charge in [-0.15, -0.1) is 0 Å². The number of rotatable bonds is 1. The molecule has 1 saturated carbocycles. The van der Waals surface area contributed by atoms with Gasteiger partial charge in [-0.1, -0.05) is 11.6 Å². The van der Waals surface area contributed by atoms with Gasteiger partial charge >= 0.3 is 0 Å². The molecule has 0 aromatic carbocycles. The summed E-state index contributed by atoms with van der Waals surface area (Å²) in [6.07, 6.45) is 3.21. The van der Waals surface area contributed by atoms with Gasteiger partial charge in [-0.3, -0.25) is 0 Å². The summed E-state index contributed by atoms with van der Waals surface area (Å²) in [5, 5.41) is 0.783. The molecule has 1 aromatic rings. The third-order valence-electron chi connectivity index (χ3n) is 3.01. The molecule has 3 heteroatoms. The number of piperidine rings is 1. The first-order valence-corrected chi connectivity index (χ1v) is 5.07. The Morgan fingerprint density at radius 3 is 2.85 bits per heavy atom. The number of hydrogen-bond donors (Lipinski definition) is 0. The van der Waals surface area contributed by atoms with E-state index in [2.05, 4.69) is 9.88 Å². The van der Waals surface area contributed by atoms with Crippen LogP contribution in [0, 0.1) is 11.8 Å². The van der Waals surface area contributed by atoms with E-state index in [1.807, 2.05) is 12.1 Å². The van der Waals surface area contributed by atoms with Crippen LogP contribution < -0.4 is 4.90 Å². The van der Waals surface area contributed by atoms with E-state index >= 15 is 0 Å². The minimum Gasteiger partial charge on any atom is -0.356 e. The SMILES string of the molecule is Clc1ccnc(N2CC3CC3C2)c1. The van der Waals surface area contributed by atoms with Crippen molar-refractivity contribution in [1.29, 1.82) is 0 Å². The lowest BCUT2D eigenvalue weighted by molar-refractivity contribution is 0.805. The monoisotopic (exact) mass is 194 g/mol. The van der Waals surface area contributed by atoms with Gasteiger partial charge in [0.25, 0.3) is 0 Å². The van der Waals surface area contributed by atoms with Gasteiger partial charge in [0.15, 0.2) is 0 Å². The van der Waals surface area contributed by atoms with E-state index in [1.54, 1.807) is 6.20 Å². The Morgan fingerprint density at radius 1 is 1.38 bits per heavy atom. The van der Waals surface area contributed by atoms with Crippen LogP contribution in [0.5, 0.6) is 0 Å². The van der Waals surface area contributed by atoms with Gasteiger partial charge < -0.3 is 4.90 Å². The molecule has 3 rings (SSSR count). The maximum absolute atomic E-state index is 5.90. The molecule has 68 valence electrons. The maximum Gasteiger partial charge on any atom is 0.129 e. The van der Waals surface area contributed by atoms with Crippen molar-refractivity contribution in [2.75, 3.05) is 18.0 Å². The standard InChI is InChI=1S/C10H11ClN2/c11-9-1-2-12-10(4-9)13-5-7-3-8(7)6-13/h1-2,4,7-8H,3,5-6H2. The fourth-order valence-electron chi connectivity index (χ4n) is 2.15. The topological polar surface area (TPSA) is 16.1 Å².